The number of anilines is 4. The minimum atomic E-state index is 0.481. The van der Waals surface area contributed by atoms with Crippen molar-refractivity contribution < 1.29 is 4.74 Å². The third-order valence-corrected chi connectivity index (χ3v) is 5.08. The fourth-order valence-electron chi connectivity index (χ4n) is 3.36. The summed E-state index contributed by atoms with van der Waals surface area (Å²) in [5, 5.41) is 6.81. The summed E-state index contributed by atoms with van der Waals surface area (Å²) in [4.78, 5) is 16.1. The highest BCUT2D eigenvalue weighted by Gasteiger charge is 2.22. The van der Waals surface area contributed by atoms with E-state index in [-0.39, 0.29) is 0 Å². The smallest absolute Gasteiger partial charge is 0.225 e. The average molecular weight is 388 g/mol. The van der Waals surface area contributed by atoms with E-state index in [0.29, 0.717) is 12.0 Å². The van der Waals surface area contributed by atoms with Gasteiger partial charge in [0.2, 0.25) is 5.95 Å². The Kier molecular flexibility index (Phi) is 4.96. The Labute approximate surface area is 170 Å². The number of nitrogens with one attached hydrogen (secondary N) is 2. The number of hydrogen-bond donors (Lipinski definition) is 2. The third kappa shape index (κ3) is 4.46. The molecule has 1 aliphatic carbocycles. The van der Waals surface area contributed by atoms with Gasteiger partial charge in [-0.15, -0.1) is 0 Å². The van der Waals surface area contributed by atoms with Gasteiger partial charge in [0.1, 0.15) is 5.82 Å². The number of ether oxygens (including phenoxy) is 1. The number of hydrogen-bond acceptors (Lipinski definition) is 7. The maximum absolute atomic E-state index is 5.44. The topological polar surface area (TPSA) is 75.2 Å². The first-order chi connectivity index (χ1) is 14.3. The summed E-state index contributed by atoms with van der Waals surface area (Å²) < 4.78 is 5.44. The van der Waals surface area contributed by atoms with E-state index in [1.54, 1.807) is 6.20 Å². The van der Waals surface area contributed by atoms with E-state index < -0.39 is 0 Å². The molecule has 2 aliphatic rings. The highest BCUT2D eigenvalue weighted by atomic mass is 16.5. The molecule has 0 unspecified atom stereocenters. The summed E-state index contributed by atoms with van der Waals surface area (Å²) in [5.74, 6) is 1.39. The van der Waals surface area contributed by atoms with Crippen molar-refractivity contribution in [3.63, 3.8) is 0 Å². The van der Waals surface area contributed by atoms with Crippen LogP contribution in [0.1, 0.15) is 12.8 Å². The van der Waals surface area contributed by atoms with E-state index >= 15 is 0 Å². The molecule has 1 saturated heterocycles. The van der Waals surface area contributed by atoms with Crippen LogP contribution in [0.25, 0.3) is 11.4 Å². The number of pyridine rings is 1. The Bertz CT molecular complexity index is 953. The number of benzene rings is 1. The molecule has 1 aromatic carbocycles. The lowest BCUT2D eigenvalue weighted by atomic mass is 10.2. The Hall–Kier alpha value is -3.19. The van der Waals surface area contributed by atoms with Crippen molar-refractivity contribution in [3.8, 4) is 11.4 Å². The molecule has 0 amide bonds. The van der Waals surface area contributed by atoms with Crippen LogP contribution in [0, 0.1) is 0 Å². The van der Waals surface area contributed by atoms with Crippen LogP contribution in [0.5, 0.6) is 0 Å². The Morgan fingerprint density at radius 1 is 0.931 bits per heavy atom. The van der Waals surface area contributed by atoms with Crippen LogP contribution in [0.2, 0.25) is 0 Å². The molecule has 0 bridgehead atoms. The largest absolute Gasteiger partial charge is 0.378 e. The van der Waals surface area contributed by atoms with Crippen LogP contribution in [0.4, 0.5) is 23.1 Å². The van der Waals surface area contributed by atoms with Crippen molar-refractivity contribution in [3.05, 3.63) is 54.7 Å². The third-order valence-electron chi connectivity index (χ3n) is 5.08. The summed E-state index contributed by atoms with van der Waals surface area (Å²) in [6.07, 6.45) is 4.12. The van der Waals surface area contributed by atoms with Gasteiger partial charge in [0, 0.05) is 42.8 Å². The molecule has 29 heavy (non-hydrogen) atoms. The van der Waals surface area contributed by atoms with Crippen molar-refractivity contribution >= 4 is 23.1 Å². The second-order valence-electron chi connectivity index (χ2n) is 7.37. The van der Waals surface area contributed by atoms with E-state index in [9.17, 15) is 0 Å². The normalized spacial score (nSPS) is 16.5. The van der Waals surface area contributed by atoms with Gasteiger partial charge >= 0.3 is 0 Å². The van der Waals surface area contributed by atoms with Crippen LogP contribution in [-0.2, 0) is 4.74 Å². The molecule has 0 atom stereocenters. The summed E-state index contributed by atoms with van der Waals surface area (Å²) in [5.41, 5.74) is 3.84. The van der Waals surface area contributed by atoms with Gasteiger partial charge in [0.25, 0.3) is 0 Å². The van der Waals surface area contributed by atoms with E-state index in [4.69, 9.17) is 4.74 Å². The van der Waals surface area contributed by atoms with Crippen molar-refractivity contribution in [1.29, 1.82) is 0 Å². The molecule has 0 spiro atoms. The van der Waals surface area contributed by atoms with Crippen LogP contribution in [-0.4, -0.2) is 47.3 Å². The van der Waals surface area contributed by atoms with Crippen LogP contribution >= 0.6 is 0 Å². The average Bonchev–Trinajstić information content (AvgIpc) is 3.59. The SMILES string of the molecule is c1ccc(-c2cc(Nc3ccc(N4CCOCC4)cc3)nc(NC3CC3)n2)nc1. The molecule has 3 heterocycles. The minimum absolute atomic E-state index is 0.481. The summed E-state index contributed by atoms with van der Waals surface area (Å²) in [6, 6.07) is 16.7. The lowest BCUT2D eigenvalue weighted by Crippen LogP contribution is -2.36. The van der Waals surface area contributed by atoms with Crippen molar-refractivity contribution in [2.45, 2.75) is 18.9 Å². The quantitative estimate of drug-likeness (QED) is 0.667. The Balaban J connectivity index is 1.38. The lowest BCUT2D eigenvalue weighted by Gasteiger charge is -2.28. The van der Waals surface area contributed by atoms with Gasteiger partial charge in [0.05, 0.1) is 24.6 Å². The van der Waals surface area contributed by atoms with E-state index in [2.05, 4.69) is 54.8 Å². The molecule has 3 aromatic rings. The monoisotopic (exact) mass is 388 g/mol. The summed E-state index contributed by atoms with van der Waals surface area (Å²) in [6.45, 7) is 3.44. The molecular formula is C22H24N6O. The molecule has 1 aliphatic heterocycles. The first-order valence-corrected chi connectivity index (χ1v) is 10.1. The predicted octanol–water partition coefficient (Wildman–Crippen LogP) is 3.69. The second kappa shape index (κ2) is 8.05. The fraction of sp³-hybridized carbons (Fsp3) is 0.318. The molecule has 2 N–H and O–H groups in total. The molecule has 1 saturated carbocycles. The fourth-order valence-corrected chi connectivity index (χ4v) is 3.36. The molecule has 2 fully saturated rings. The lowest BCUT2D eigenvalue weighted by molar-refractivity contribution is 0.122. The van der Waals surface area contributed by atoms with Gasteiger partial charge in [0.15, 0.2) is 0 Å². The molecule has 0 radical (unpaired) electrons. The maximum Gasteiger partial charge on any atom is 0.225 e. The van der Waals surface area contributed by atoms with Crippen LogP contribution < -0.4 is 15.5 Å². The first-order valence-electron chi connectivity index (χ1n) is 10.1. The molecule has 7 heteroatoms. The van der Waals surface area contributed by atoms with Gasteiger partial charge < -0.3 is 20.3 Å². The van der Waals surface area contributed by atoms with Crippen molar-refractivity contribution in [1.82, 2.24) is 15.0 Å². The van der Waals surface area contributed by atoms with Crippen LogP contribution in [0.15, 0.2) is 54.7 Å². The number of morpholine rings is 1. The van der Waals surface area contributed by atoms with E-state index in [1.807, 2.05) is 24.3 Å². The predicted molar refractivity (Wildman–Crippen MR) is 115 cm³/mol. The zero-order chi connectivity index (χ0) is 19.5. The molecule has 7 nitrogen and oxygen atoms in total. The zero-order valence-corrected chi connectivity index (χ0v) is 16.2. The highest BCUT2D eigenvalue weighted by molar-refractivity contribution is 5.66. The zero-order valence-electron chi connectivity index (χ0n) is 16.2. The van der Waals surface area contributed by atoms with Gasteiger partial charge in [-0.05, 0) is 49.2 Å². The standard InChI is InChI=1S/C22H24N6O/c1-2-10-23-19(3-1)20-15-21(27-22(26-20)25-17-4-5-17)24-16-6-8-18(9-7-16)28-11-13-29-14-12-28/h1-3,6-10,15,17H,4-5,11-14H2,(H2,24,25,26,27). The van der Waals surface area contributed by atoms with E-state index in [1.165, 1.54) is 18.5 Å². The van der Waals surface area contributed by atoms with Crippen molar-refractivity contribution in [2.75, 3.05) is 41.8 Å². The number of aromatic nitrogens is 3. The maximum atomic E-state index is 5.44. The highest BCUT2D eigenvalue weighted by Crippen LogP contribution is 2.27. The second-order valence-corrected chi connectivity index (χ2v) is 7.37. The number of nitrogens with zero attached hydrogens (tertiary/aromatic N) is 4. The van der Waals surface area contributed by atoms with Crippen LogP contribution in [0.3, 0.4) is 0 Å². The summed E-state index contributed by atoms with van der Waals surface area (Å²) in [7, 11) is 0. The summed E-state index contributed by atoms with van der Waals surface area (Å²) >= 11 is 0. The minimum Gasteiger partial charge on any atom is -0.378 e. The Morgan fingerprint density at radius 3 is 2.48 bits per heavy atom. The molecule has 148 valence electrons. The first kappa shape index (κ1) is 17.9. The van der Waals surface area contributed by atoms with Gasteiger partial charge in [-0.1, -0.05) is 6.07 Å². The van der Waals surface area contributed by atoms with Gasteiger partial charge in [-0.25, -0.2) is 4.98 Å². The Morgan fingerprint density at radius 2 is 1.76 bits per heavy atom. The van der Waals surface area contributed by atoms with Gasteiger partial charge in [-0.2, -0.15) is 4.98 Å². The van der Waals surface area contributed by atoms with Gasteiger partial charge in [-0.3, -0.25) is 4.98 Å². The van der Waals surface area contributed by atoms with Crippen molar-refractivity contribution in [2.24, 2.45) is 0 Å². The molecular weight excluding hydrogens is 364 g/mol. The molecule has 5 rings (SSSR count). The molecule has 2 aromatic heterocycles. The van der Waals surface area contributed by atoms with E-state index in [0.717, 1.165) is 49.2 Å². The number of rotatable bonds is 6.